The Kier molecular flexibility index (Phi) is 4.18. The number of ether oxygens (including phenoxy) is 1. The van der Waals surface area contributed by atoms with Crippen molar-refractivity contribution in [1.29, 1.82) is 0 Å². The lowest BCUT2D eigenvalue weighted by molar-refractivity contribution is -0.129. The number of nitrogens with two attached hydrogens (primary N) is 1. The molecule has 1 rings (SSSR count). The highest BCUT2D eigenvalue weighted by molar-refractivity contribution is 5.83. The van der Waals surface area contributed by atoms with E-state index in [1.807, 2.05) is 0 Å². The summed E-state index contributed by atoms with van der Waals surface area (Å²) in [6.45, 7) is 1.02. The third kappa shape index (κ3) is 3.21. The Bertz CT molecular complexity index is 224. The van der Waals surface area contributed by atoms with Gasteiger partial charge in [-0.2, -0.15) is 0 Å². The maximum absolute atomic E-state index is 11.3. The van der Waals surface area contributed by atoms with Gasteiger partial charge in [-0.15, -0.1) is 0 Å². The molecule has 6 heteroatoms. The molecule has 1 unspecified atom stereocenters. The van der Waals surface area contributed by atoms with Crippen LogP contribution in [0.25, 0.3) is 0 Å². The van der Waals surface area contributed by atoms with Crippen LogP contribution in [0.5, 0.6) is 0 Å². The number of amidine groups is 1. The maximum atomic E-state index is 11.3. The zero-order valence-electron chi connectivity index (χ0n) is 7.90. The molecule has 1 atom stereocenters. The Morgan fingerprint density at radius 2 is 2.50 bits per heavy atom. The van der Waals surface area contributed by atoms with Gasteiger partial charge in [-0.05, 0) is 12.8 Å². The molecule has 0 radical (unpaired) electrons. The Morgan fingerprint density at radius 1 is 1.71 bits per heavy atom. The molecular weight excluding hydrogens is 186 g/mol. The lowest BCUT2D eigenvalue weighted by Crippen LogP contribution is -2.36. The van der Waals surface area contributed by atoms with Crippen LogP contribution in [-0.2, 0) is 9.53 Å². The minimum absolute atomic E-state index is 0.109. The molecule has 0 saturated carbocycles. The van der Waals surface area contributed by atoms with E-state index in [-0.39, 0.29) is 17.8 Å². The molecule has 0 spiro atoms. The van der Waals surface area contributed by atoms with Crippen molar-refractivity contribution in [3.63, 3.8) is 0 Å². The van der Waals surface area contributed by atoms with Gasteiger partial charge in [0.15, 0.2) is 0 Å². The number of oxime groups is 1. The largest absolute Gasteiger partial charge is 0.409 e. The molecule has 1 amide bonds. The predicted octanol–water partition coefficient (Wildman–Crippen LogP) is -0.582. The zero-order chi connectivity index (χ0) is 10.4. The van der Waals surface area contributed by atoms with Crippen molar-refractivity contribution in [2.24, 2.45) is 10.9 Å². The number of nitrogens with one attached hydrogen (secondary N) is 1. The van der Waals surface area contributed by atoms with E-state index in [1.54, 1.807) is 0 Å². The minimum Gasteiger partial charge on any atom is -0.409 e. The molecule has 80 valence electrons. The van der Waals surface area contributed by atoms with Crippen LogP contribution in [0.1, 0.15) is 19.3 Å². The van der Waals surface area contributed by atoms with E-state index in [4.69, 9.17) is 15.7 Å². The Labute approximate surface area is 82.1 Å². The summed E-state index contributed by atoms with van der Waals surface area (Å²) >= 11 is 0. The summed E-state index contributed by atoms with van der Waals surface area (Å²) in [5.74, 6) is -0.00844. The molecule has 1 heterocycles. The number of hydrogen-bond donors (Lipinski definition) is 3. The Morgan fingerprint density at radius 3 is 3.07 bits per heavy atom. The fourth-order valence-electron chi connectivity index (χ4n) is 1.26. The first-order chi connectivity index (χ1) is 6.74. The summed E-state index contributed by atoms with van der Waals surface area (Å²) in [4.78, 5) is 11.3. The van der Waals surface area contributed by atoms with Gasteiger partial charge in [0.25, 0.3) is 0 Å². The number of carbonyl (C=O) groups is 1. The van der Waals surface area contributed by atoms with Crippen molar-refractivity contribution in [3.8, 4) is 0 Å². The highest BCUT2D eigenvalue weighted by Crippen LogP contribution is 2.11. The molecule has 1 aliphatic rings. The molecule has 0 aromatic heterocycles. The SMILES string of the molecule is NC(CCNC(=O)C1CCCO1)=NO. The van der Waals surface area contributed by atoms with Crippen molar-refractivity contribution in [2.45, 2.75) is 25.4 Å². The third-order valence-electron chi connectivity index (χ3n) is 2.03. The van der Waals surface area contributed by atoms with E-state index in [2.05, 4.69) is 10.5 Å². The summed E-state index contributed by atoms with van der Waals surface area (Å²) in [5, 5.41) is 13.7. The third-order valence-corrected chi connectivity index (χ3v) is 2.03. The average Bonchev–Trinajstić information content (AvgIpc) is 2.70. The molecule has 0 aromatic carbocycles. The van der Waals surface area contributed by atoms with Crippen LogP contribution in [0.15, 0.2) is 5.16 Å². The fourth-order valence-corrected chi connectivity index (χ4v) is 1.26. The van der Waals surface area contributed by atoms with Gasteiger partial charge in [0.05, 0.1) is 0 Å². The standard InChI is InChI=1S/C8H15N3O3/c9-7(11-13)3-4-10-8(12)6-2-1-5-14-6/h6,13H,1-5H2,(H2,9,11)(H,10,12). The van der Waals surface area contributed by atoms with E-state index >= 15 is 0 Å². The van der Waals surface area contributed by atoms with E-state index in [1.165, 1.54) is 0 Å². The summed E-state index contributed by atoms with van der Waals surface area (Å²) in [5.41, 5.74) is 5.23. The quantitative estimate of drug-likeness (QED) is 0.245. The molecule has 6 nitrogen and oxygen atoms in total. The summed E-state index contributed by atoms with van der Waals surface area (Å²) in [6, 6.07) is 0. The smallest absolute Gasteiger partial charge is 0.249 e. The molecule has 0 aliphatic carbocycles. The van der Waals surface area contributed by atoms with Crippen LogP contribution in [0.2, 0.25) is 0 Å². The predicted molar refractivity (Wildman–Crippen MR) is 50.0 cm³/mol. The second-order valence-corrected chi connectivity index (χ2v) is 3.13. The van der Waals surface area contributed by atoms with Crippen molar-refractivity contribution in [1.82, 2.24) is 5.32 Å². The van der Waals surface area contributed by atoms with Gasteiger partial charge in [0.2, 0.25) is 5.91 Å². The second-order valence-electron chi connectivity index (χ2n) is 3.13. The first-order valence-electron chi connectivity index (χ1n) is 4.59. The zero-order valence-corrected chi connectivity index (χ0v) is 7.90. The van der Waals surface area contributed by atoms with Crippen molar-refractivity contribution in [2.75, 3.05) is 13.2 Å². The van der Waals surface area contributed by atoms with Gasteiger partial charge in [-0.3, -0.25) is 4.79 Å². The highest BCUT2D eigenvalue weighted by Gasteiger charge is 2.22. The lowest BCUT2D eigenvalue weighted by atomic mass is 10.2. The van der Waals surface area contributed by atoms with E-state index in [0.29, 0.717) is 19.6 Å². The van der Waals surface area contributed by atoms with Gasteiger partial charge < -0.3 is 21.0 Å². The monoisotopic (exact) mass is 201 g/mol. The van der Waals surface area contributed by atoms with Gasteiger partial charge >= 0.3 is 0 Å². The van der Waals surface area contributed by atoms with Crippen molar-refractivity contribution in [3.05, 3.63) is 0 Å². The molecule has 0 bridgehead atoms. The number of amides is 1. The van der Waals surface area contributed by atoms with Crippen LogP contribution < -0.4 is 11.1 Å². The van der Waals surface area contributed by atoms with Crippen molar-refractivity contribution < 1.29 is 14.7 Å². The van der Waals surface area contributed by atoms with Crippen molar-refractivity contribution >= 4 is 11.7 Å². The average molecular weight is 201 g/mol. The van der Waals surface area contributed by atoms with Crippen LogP contribution in [-0.4, -0.2) is 36.2 Å². The fraction of sp³-hybridized carbons (Fsp3) is 0.750. The Hall–Kier alpha value is -1.30. The van der Waals surface area contributed by atoms with E-state index < -0.39 is 0 Å². The Balaban J connectivity index is 2.14. The number of carbonyl (C=O) groups excluding carboxylic acids is 1. The highest BCUT2D eigenvalue weighted by atomic mass is 16.5. The van der Waals surface area contributed by atoms with E-state index in [0.717, 1.165) is 12.8 Å². The van der Waals surface area contributed by atoms with Crippen LogP contribution in [0, 0.1) is 0 Å². The number of rotatable bonds is 4. The van der Waals surface area contributed by atoms with Gasteiger partial charge in [-0.25, -0.2) is 0 Å². The van der Waals surface area contributed by atoms with Crippen LogP contribution >= 0.6 is 0 Å². The molecule has 4 N–H and O–H groups in total. The van der Waals surface area contributed by atoms with Gasteiger partial charge in [0, 0.05) is 19.6 Å². The van der Waals surface area contributed by atoms with Gasteiger partial charge in [0.1, 0.15) is 11.9 Å². The lowest BCUT2D eigenvalue weighted by Gasteiger charge is -2.09. The van der Waals surface area contributed by atoms with Gasteiger partial charge in [-0.1, -0.05) is 5.16 Å². The molecule has 14 heavy (non-hydrogen) atoms. The summed E-state index contributed by atoms with van der Waals surface area (Å²) in [7, 11) is 0. The molecule has 1 fully saturated rings. The molecular formula is C8H15N3O3. The number of hydrogen-bond acceptors (Lipinski definition) is 4. The second kappa shape index (κ2) is 5.43. The summed E-state index contributed by atoms with van der Waals surface area (Å²) in [6.07, 6.45) is 1.73. The van der Waals surface area contributed by atoms with Crippen LogP contribution in [0.4, 0.5) is 0 Å². The number of nitrogens with zero attached hydrogens (tertiary/aromatic N) is 1. The van der Waals surface area contributed by atoms with E-state index in [9.17, 15) is 4.79 Å². The molecule has 1 saturated heterocycles. The normalized spacial score (nSPS) is 22.3. The molecule has 1 aliphatic heterocycles. The summed E-state index contributed by atoms with van der Waals surface area (Å²) < 4.78 is 5.18. The topological polar surface area (TPSA) is 96.9 Å². The molecule has 0 aromatic rings. The maximum Gasteiger partial charge on any atom is 0.249 e. The first kappa shape index (κ1) is 10.8. The van der Waals surface area contributed by atoms with Crippen LogP contribution in [0.3, 0.4) is 0 Å². The minimum atomic E-state index is -0.317. The first-order valence-corrected chi connectivity index (χ1v) is 4.59.